The van der Waals surface area contributed by atoms with E-state index in [9.17, 15) is 14.2 Å². The second kappa shape index (κ2) is 11.4. The van der Waals surface area contributed by atoms with E-state index in [1.807, 2.05) is 30.3 Å². The molecule has 37 heavy (non-hydrogen) atoms. The van der Waals surface area contributed by atoms with E-state index in [1.165, 1.54) is 23.8 Å². The van der Waals surface area contributed by atoms with Gasteiger partial charge in [-0.3, -0.25) is 13.9 Å². The van der Waals surface area contributed by atoms with Gasteiger partial charge in [0, 0.05) is 11.6 Å². The zero-order valence-corrected chi connectivity index (χ0v) is 21.8. The lowest BCUT2D eigenvalue weighted by atomic mass is 10.1. The molecule has 2 aromatic carbocycles. The molecule has 0 saturated carbocycles. The van der Waals surface area contributed by atoms with Crippen molar-refractivity contribution in [2.75, 3.05) is 12.3 Å². The first-order valence-corrected chi connectivity index (χ1v) is 13.6. The number of rotatable bonds is 10. The van der Waals surface area contributed by atoms with Crippen molar-refractivity contribution in [1.82, 2.24) is 14.6 Å². The first-order valence-electron chi connectivity index (χ1n) is 12.0. The summed E-state index contributed by atoms with van der Waals surface area (Å²) in [6, 6.07) is 13.4. The van der Waals surface area contributed by atoms with Crippen LogP contribution in [0.25, 0.3) is 10.8 Å². The standard InChI is InChI=1S/C25H31N4O7P/c1-16(2)34-24(30)17(3)28-37(32,36-21-10-6-8-18-7-4-5-9-20(18)21)33-15-19-11-12-23(35-19)29-14-13-22(26)27-25(29)31/h4-10,13-14,16-17,19,23H,11-12,15H2,1-3H3,(H,28,32)(H2,26,27,31)/t17-,19-,23+,37?/m0/s1. The molecule has 1 fully saturated rings. The van der Waals surface area contributed by atoms with Gasteiger partial charge < -0.3 is 19.7 Å². The molecule has 0 radical (unpaired) electrons. The second-order valence-electron chi connectivity index (χ2n) is 9.03. The summed E-state index contributed by atoms with van der Waals surface area (Å²) in [5.41, 5.74) is 5.05. The lowest BCUT2D eigenvalue weighted by Crippen LogP contribution is -2.36. The van der Waals surface area contributed by atoms with Crippen LogP contribution in [0, 0.1) is 0 Å². The highest BCUT2D eigenvalue weighted by Crippen LogP contribution is 2.47. The number of carbonyl (C=O) groups excluding carboxylic acids is 1. The third kappa shape index (κ3) is 6.75. The highest BCUT2D eigenvalue weighted by atomic mass is 31.2. The van der Waals surface area contributed by atoms with Gasteiger partial charge in [0.2, 0.25) is 0 Å². The molecule has 3 N–H and O–H groups in total. The Hall–Kier alpha value is -3.24. The van der Waals surface area contributed by atoms with Gasteiger partial charge >= 0.3 is 19.4 Å². The fraction of sp³-hybridized carbons (Fsp3) is 0.400. The topological polar surface area (TPSA) is 144 Å². The molecule has 3 aromatic rings. The maximum atomic E-state index is 13.9. The lowest BCUT2D eigenvalue weighted by molar-refractivity contribution is -0.149. The van der Waals surface area contributed by atoms with Crippen molar-refractivity contribution in [1.29, 1.82) is 0 Å². The van der Waals surface area contributed by atoms with Crippen molar-refractivity contribution in [3.05, 3.63) is 65.2 Å². The van der Waals surface area contributed by atoms with Gasteiger partial charge in [0.25, 0.3) is 0 Å². The Morgan fingerprint density at radius 1 is 1.19 bits per heavy atom. The van der Waals surface area contributed by atoms with E-state index in [-0.39, 0.29) is 18.5 Å². The van der Waals surface area contributed by atoms with Crippen LogP contribution in [0.2, 0.25) is 0 Å². The zero-order valence-electron chi connectivity index (χ0n) is 20.9. The SMILES string of the molecule is CC(C)OC(=O)[C@H](C)NP(=O)(OC[C@@H]1CC[C@H](n2ccc(N)nc2=O)O1)Oc1cccc2ccccc12. The van der Waals surface area contributed by atoms with E-state index < -0.39 is 37.8 Å². The van der Waals surface area contributed by atoms with E-state index in [1.54, 1.807) is 26.0 Å². The number of nitrogen functional groups attached to an aromatic ring is 1. The predicted molar refractivity (Wildman–Crippen MR) is 138 cm³/mol. The summed E-state index contributed by atoms with van der Waals surface area (Å²) in [5, 5.41) is 4.32. The van der Waals surface area contributed by atoms with Crippen molar-refractivity contribution in [3.8, 4) is 5.75 Å². The van der Waals surface area contributed by atoms with Gasteiger partial charge in [0.05, 0.1) is 18.8 Å². The van der Waals surface area contributed by atoms with Gasteiger partial charge in [-0.1, -0.05) is 36.4 Å². The maximum Gasteiger partial charge on any atom is 0.459 e. The van der Waals surface area contributed by atoms with Crippen LogP contribution in [0.15, 0.2) is 59.5 Å². The molecule has 1 aliphatic rings. The van der Waals surface area contributed by atoms with E-state index in [0.717, 1.165) is 10.8 Å². The highest BCUT2D eigenvalue weighted by Gasteiger charge is 2.36. The van der Waals surface area contributed by atoms with Gasteiger partial charge in [-0.2, -0.15) is 10.1 Å². The number of nitrogens with two attached hydrogens (primary N) is 1. The normalized spacial score (nSPS) is 20.0. The summed E-state index contributed by atoms with van der Waals surface area (Å²) < 4.78 is 38.2. The molecule has 0 spiro atoms. The number of carbonyl (C=O) groups is 1. The summed E-state index contributed by atoms with van der Waals surface area (Å²) in [5.74, 6) is -0.127. The van der Waals surface area contributed by atoms with Crippen LogP contribution < -0.4 is 21.0 Å². The van der Waals surface area contributed by atoms with Crippen molar-refractivity contribution < 1.29 is 27.9 Å². The lowest BCUT2D eigenvalue weighted by Gasteiger charge is -2.25. The number of hydrogen-bond donors (Lipinski definition) is 2. The molecule has 4 rings (SSSR count). The Labute approximate surface area is 214 Å². The molecular weight excluding hydrogens is 499 g/mol. The van der Waals surface area contributed by atoms with E-state index >= 15 is 0 Å². The minimum Gasteiger partial charge on any atom is -0.462 e. The summed E-state index contributed by atoms with van der Waals surface area (Å²) >= 11 is 0. The smallest absolute Gasteiger partial charge is 0.459 e. The third-order valence-electron chi connectivity index (χ3n) is 5.70. The minimum absolute atomic E-state index is 0.103. The summed E-state index contributed by atoms with van der Waals surface area (Å²) in [4.78, 5) is 28.3. The number of fused-ring (bicyclic) bond motifs is 1. The number of nitrogens with one attached hydrogen (secondary N) is 1. The largest absolute Gasteiger partial charge is 0.462 e. The Kier molecular flexibility index (Phi) is 8.29. The molecule has 12 heteroatoms. The molecule has 1 aromatic heterocycles. The van der Waals surface area contributed by atoms with Crippen molar-refractivity contribution in [2.45, 2.75) is 58.1 Å². The fourth-order valence-corrected chi connectivity index (χ4v) is 5.50. The highest BCUT2D eigenvalue weighted by molar-refractivity contribution is 7.52. The molecule has 2 heterocycles. The van der Waals surface area contributed by atoms with Crippen LogP contribution in [0.1, 0.15) is 39.8 Å². The molecule has 11 nitrogen and oxygen atoms in total. The summed E-state index contributed by atoms with van der Waals surface area (Å²) in [7, 11) is -4.09. The van der Waals surface area contributed by atoms with Crippen LogP contribution in [0.5, 0.6) is 5.75 Å². The molecule has 1 saturated heterocycles. The number of nitrogens with zero attached hydrogens (tertiary/aromatic N) is 2. The number of esters is 1. The van der Waals surface area contributed by atoms with Crippen LogP contribution in [0.4, 0.5) is 5.82 Å². The fourth-order valence-electron chi connectivity index (χ4n) is 3.96. The minimum atomic E-state index is -4.09. The molecule has 1 aliphatic heterocycles. The van der Waals surface area contributed by atoms with Gasteiger partial charge in [-0.25, -0.2) is 9.36 Å². The molecule has 0 bridgehead atoms. The maximum absolute atomic E-state index is 13.9. The Morgan fingerprint density at radius 2 is 1.95 bits per heavy atom. The van der Waals surface area contributed by atoms with Crippen LogP contribution in [0.3, 0.4) is 0 Å². The Morgan fingerprint density at radius 3 is 2.70 bits per heavy atom. The van der Waals surface area contributed by atoms with Crippen molar-refractivity contribution >= 4 is 30.3 Å². The van der Waals surface area contributed by atoms with Gasteiger partial charge in [-0.05, 0) is 51.1 Å². The van der Waals surface area contributed by atoms with E-state index in [4.69, 9.17) is 24.3 Å². The van der Waals surface area contributed by atoms with Gasteiger partial charge in [0.15, 0.2) is 0 Å². The number of aromatic nitrogens is 2. The van der Waals surface area contributed by atoms with Crippen LogP contribution >= 0.6 is 7.75 Å². The van der Waals surface area contributed by atoms with Crippen LogP contribution in [-0.2, 0) is 23.4 Å². The Balaban J connectivity index is 1.50. The summed E-state index contributed by atoms with van der Waals surface area (Å²) in [6.07, 6.45) is 1.22. The molecule has 1 unspecified atom stereocenters. The first kappa shape index (κ1) is 26.8. The van der Waals surface area contributed by atoms with Gasteiger partial charge in [-0.15, -0.1) is 0 Å². The van der Waals surface area contributed by atoms with E-state index in [0.29, 0.717) is 18.6 Å². The number of benzene rings is 2. The predicted octanol–water partition coefficient (Wildman–Crippen LogP) is 3.79. The number of ether oxygens (including phenoxy) is 2. The second-order valence-corrected chi connectivity index (χ2v) is 10.7. The monoisotopic (exact) mass is 530 g/mol. The van der Waals surface area contributed by atoms with Gasteiger partial charge in [0.1, 0.15) is 23.8 Å². The molecule has 0 amide bonds. The third-order valence-corrected chi connectivity index (χ3v) is 7.33. The zero-order chi connectivity index (χ0) is 26.6. The molecule has 198 valence electrons. The van der Waals surface area contributed by atoms with E-state index in [2.05, 4.69) is 10.1 Å². The van der Waals surface area contributed by atoms with Crippen molar-refractivity contribution in [3.63, 3.8) is 0 Å². The average Bonchev–Trinajstić information content (AvgIpc) is 3.31. The quantitative estimate of drug-likeness (QED) is 0.293. The number of anilines is 1. The van der Waals surface area contributed by atoms with Crippen LogP contribution in [-0.4, -0.2) is 40.4 Å². The first-order chi connectivity index (χ1) is 17.6. The Bertz CT molecular complexity index is 1360. The molecule has 0 aliphatic carbocycles. The molecular formula is C25H31N4O7P. The summed E-state index contributed by atoms with van der Waals surface area (Å²) in [6.45, 7) is 4.87. The van der Waals surface area contributed by atoms with Crippen molar-refractivity contribution in [2.24, 2.45) is 0 Å². The average molecular weight is 531 g/mol. The molecule has 4 atom stereocenters. The number of hydrogen-bond acceptors (Lipinski definition) is 9.